The Kier molecular flexibility index (Phi) is 4.99. The quantitative estimate of drug-likeness (QED) is 0.549. The molecule has 0 amide bonds. The number of hydrogen-bond acceptors (Lipinski definition) is 6. The molecule has 0 atom stereocenters. The van der Waals surface area contributed by atoms with Gasteiger partial charge in [-0.3, -0.25) is 5.43 Å². The van der Waals surface area contributed by atoms with E-state index >= 15 is 0 Å². The highest BCUT2D eigenvalue weighted by atomic mass is 16.5. The fraction of sp³-hybridized carbons (Fsp3) is 0.158. The van der Waals surface area contributed by atoms with Gasteiger partial charge in [0.25, 0.3) is 0 Å². The fourth-order valence-electron chi connectivity index (χ4n) is 2.52. The Labute approximate surface area is 146 Å². The first-order valence-electron chi connectivity index (χ1n) is 7.70. The van der Waals surface area contributed by atoms with Gasteiger partial charge in [0.05, 0.1) is 33.1 Å². The second kappa shape index (κ2) is 7.53. The molecule has 1 aromatic heterocycles. The van der Waals surface area contributed by atoms with E-state index in [-0.39, 0.29) is 0 Å². The van der Waals surface area contributed by atoms with E-state index in [0.29, 0.717) is 23.1 Å². The van der Waals surface area contributed by atoms with Gasteiger partial charge in [-0.15, -0.1) is 0 Å². The number of fused-ring (bicyclic) bond motifs is 1. The normalized spacial score (nSPS) is 10.8. The molecule has 2 aromatic carbocycles. The summed E-state index contributed by atoms with van der Waals surface area (Å²) in [5.41, 5.74) is 4.60. The molecule has 0 saturated heterocycles. The standard InChI is InChI=1S/C19H19N3O3/c1-23-16-10-8-14(18(24-2)19(16)25-3)12-20-22-17-11-9-13-6-4-5-7-15(13)21-17/h4-12H,1-3H3,(H,21,22)/b20-12-. The summed E-state index contributed by atoms with van der Waals surface area (Å²) in [6.07, 6.45) is 1.65. The predicted octanol–water partition coefficient (Wildman–Crippen LogP) is 3.71. The highest BCUT2D eigenvalue weighted by Crippen LogP contribution is 2.38. The molecule has 0 bridgehead atoms. The molecule has 0 unspecified atom stereocenters. The van der Waals surface area contributed by atoms with E-state index in [1.165, 1.54) is 0 Å². The van der Waals surface area contributed by atoms with Crippen molar-refractivity contribution in [3.8, 4) is 17.2 Å². The summed E-state index contributed by atoms with van der Waals surface area (Å²) >= 11 is 0. The van der Waals surface area contributed by atoms with Gasteiger partial charge in [0.15, 0.2) is 11.5 Å². The van der Waals surface area contributed by atoms with E-state index in [4.69, 9.17) is 14.2 Å². The third-order valence-corrected chi connectivity index (χ3v) is 3.72. The van der Waals surface area contributed by atoms with E-state index in [9.17, 15) is 0 Å². The lowest BCUT2D eigenvalue weighted by Gasteiger charge is -2.13. The van der Waals surface area contributed by atoms with Gasteiger partial charge in [-0.25, -0.2) is 4.98 Å². The van der Waals surface area contributed by atoms with Crippen LogP contribution < -0.4 is 19.6 Å². The molecule has 6 nitrogen and oxygen atoms in total. The monoisotopic (exact) mass is 337 g/mol. The molecular weight excluding hydrogens is 318 g/mol. The second-order valence-electron chi connectivity index (χ2n) is 5.18. The van der Waals surface area contributed by atoms with Gasteiger partial charge in [-0.05, 0) is 30.3 Å². The lowest BCUT2D eigenvalue weighted by molar-refractivity contribution is 0.324. The average molecular weight is 337 g/mol. The van der Waals surface area contributed by atoms with E-state index in [0.717, 1.165) is 16.5 Å². The number of anilines is 1. The number of pyridine rings is 1. The molecule has 0 spiro atoms. The molecule has 1 N–H and O–H groups in total. The summed E-state index contributed by atoms with van der Waals surface area (Å²) in [4.78, 5) is 4.51. The van der Waals surface area contributed by atoms with Crippen molar-refractivity contribution >= 4 is 22.9 Å². The Bertz CT molecular complexity index is 910. The molecule has 3 aromatic rings. The minimum Gasteiger partial charge on any atom is -0.493 e. The SMILES string of the molecule is COc1ccc(/C=N\Nc2ccc3ccccc3n2)c(OC)c1OC. The summed E-state index contributed by atoms with van der Waals surface area (Å²) < 4.78 is 16.1. The van der Waals surface area contributed by atoms with Gasteiger partial charge < -0.3 is 14.2 Å². The van der Waals surface area contributed by atoms with Crippen molar-refractivity contribution in [1.82, 2.24) is 4.98 Å². The maximum atomic E-state index is 5.43. The zero-order valence-electron chi connectivity index (χ0n) is 14.3. The lowest BCUT2D eigenvalue weighted by Crippen LogP contribution is -1.99. The van der Waals surface area contributed by atoms with Crippen LogP contribution in [0.3, 0.4) is 0 Å². The topological polar surface area (TPSA) is 65.0 Å². The number of nitrogens with one attached hydrogen (secondary N) is 1. The number of hydrogen-bond donors (Lipinski definition) is 1. The highest BCUT2D eigenvalue weighted by Gasteiger charge is 2.14. The largest absolute Gasteiger partial charge is 0.493 e. The molecule has 0 aliphatic heterocycles. The Morgan fingerprint density at radius 2 is 1.68 bits per heavy atom. The number of methoxy groups -OCH3 is 3. The average Bonchev–Trinajstić information content (AvgIpc) is 2.67. The minimum absolute atomic E-state index is 0.526. The second-order valence-corrected chi connectivity index (χ2v) is 5.18. The number of ether oxygens (including phenoxy) is 3. The Hall–Kier alpha value is -3.28. The molecule has 0 radical (unpaired) electrons. The van der Waals surface area contributed by atoms with Gasteiger partial charge in [-0.1, -0.05) is 18.2 Å². The molecule has 6 heteroatoms. The van der Waals surface area contributed by atoms with Crippen molar-refractivity contribution in [1.29, 1.82) is 0 Å². The maximum Gasteiger partial charge on any atom is 0.203 e. The van der Waals surface area contributed by atoms with Gasteiger partial charge in [0, 0.05) is 10.9 Å². The molecule has 0 fully saturated rings. The van der Waals surface area contributed by atoms with Crippen LogP contribution in [0, 0.1) is 0 Å². The van der Waals surface area contributed by atoms with Gasteiger partial charge in [0.2, 0.25) is 5.75 Å². The van der Waals surface area contributed by atoms with Crippen molar-refractivity contribution in [3.05, 3.63) is 54.1 Å². The van der Waals surface area contributed by atoms with E-state index in [1.807, 2.05) is 42.5 Å². The molecule has 1 heterocycles. The van der Waals surface area contributed by atoms with Crippen LogP contribution in [-0.4, -0.2) is 32.5 Å². The summed E-state index contributed by atoms with van der Waals surface area (Å²) in [6, 6.07) is 15.4. The molecule has 0 aliphatic carbocycles. The van der Waals surface area contributed by atoms with Crippen LogP contribution in [0.4, 0.5) is 5.82 Å². The summed E-state index contributed by atoms with van der Waals surface area (Å²) in [5, 5.41) is 5.33. The third-order valence-electron chi connectivity index (χ3n) is 3.72. The number of rotatable bonds is 6. The van der Waals surface area contributed by atoms with Crippen molar-refractivity contribution in [3.63, 3.8) is 0 Å². The van der Waals surface area contributed by atoms with Crippen molar-refractivity contribution in [2.75, 3.05) is 26.8 Å². The number of aromatic nitrogens is 1. The van der Waals surface area contributed by atoms with E-state index in [1.54, 1.807) is 33.6 Å². The number of benzene rings is 2. The van der Waals surface area contributed by atoms with Crippen LogP contribution in [-0.2, 0) is 0 Å². The molecule has 0 saturated carbocycles. The molecule has 3 rings (SSSR count). The fourth-order valence-corrected chi connectivity index (χ4v) is 2.52. The van der Waals surface area contributed by atoms with Gasteiger partial charge in [0.1, 0.15) is 5.82 Å². The lowest BCUT2D eigenvalue weighted by atomic mass is 10.2. The van der Waals surface area contributed by atoms with Crippen LogP contribution in [0.15, 0.2) is 53.6 Å². The summed E-state index contributed by atoms with van der Waals surface area (Å²) in [5.74, 6) is 2.34. The first-order valence-corrected chi connectivity index (χ1v) is 7.70. The van der Waals surface area contributed by atoms with Crippen LogP contribution in [0.5, 0.6) is 17.2 Å². The number of para-hydroxylation sites is 1. The number of hydrazone groups is 1. The van der Waals surface area contributed by atoms with Crippen molar-refractivity contribution in [2.24, 2.45) is 5.10 Å². The molecular formula is C19H19N3O3. The third kappa shape index (κ3) is 3.47. The first kappa shape index (κ1) is 16.6. The predicted molar refractivity (Wildman–Crippen MR) is 99.1 cm³/mol. The van der Waals surface area contributed by atoms with Crippen LogP contribution in [0.1, 0.15) is 5.56 Å². The summed E-state index contributed by atoms with van der Waals surface area (Å²) in [7, 11) is 4.73. The first-order chi connectivity index (χ1) is 12.3. The Morgan fingerprint density at radius 1 is 0.880 bits per heavy atom. The Balaban J connectivity index is 1.83. The minimum atomic E-state index is 0.526. The Morgan fingerprint density at radius 3 is 2.44 bits per heavy atom. The van der Waals surface area contributed by atoms with Crippen molar-refractivity contribution < 1.29 is 14.2 Å². The van der Waals surface area contributed by atoms with Gasteiger partial charge >= 0.3 is 0 Å². The number of nitrogens with zero attached hydrogens (tertiary/aromatic N) is 2. The van der Waals surface area contributed by atoms with Gasteiger partial charge in [-0.2, -0.15) is 5.10 Å². The van der Waals surface area contributed by atoms with Crippen LogP contribution in [0.2, 0.25) is 0 Å². The van der Waals surface area contributed by atoms with Crippen LogP contribution >= 0.6 is 0 Å². The zero-order chi connectivity index (χ0) is 17.6. The van der Waals surface area contributed by atoms with Crippen molar-refractivity contribution in [2.45, 2.75) is 0 Å². The smallest absolute Gasteiger partial charge is 0.203 e. The highest BCUT2D eigenvalue weighted by molar-refractivity contribution is 5.86. The molecule has 128 valence electrons. The molecule has 25 heavy (non-hydrogen) atoms. The summed E-state index contributed by atoms with van der Waals surface area (Å²) in [6.45, 7) is 0. The van der Waals surface area contributed by atoms with Crippen LogP contribution in [0.25, 0.3) is 10.9 Å². The molecule has 0 aliphatic rings. The maximum absolute atomic E-state index is 5.43. The van der Waals surface area contributed by atoms with E-state index in [2.05, 4.69) is 15.5 Å². The zero-order valence-corrected chi connectivity index (χ0v) is 14.3. The van der Waals surface area contributed by atoms with E-state index < -0.39 is 0 Å².